The Morgan fingerprint density at radius 1 is 1.12 bits per heavy atom. The third-order valence-corrected chi connectivity index (χ3v) is 5.78. The van der Waals surface area contributed by atoms with E-state index in [1.807, 2.05) is 0 Å². The smallest absolute Gasteiger partial charge is 0.232 e. The number of hydrogen-bond acceptors (Lipinski definition) is 3. The third-order valence-electron chi connectivity index (χ3n) is 5.78. The number of carbonyl (C=O) groups excluding carboxylic acids is 1. The summed E-state index contributed by atoms with van der Waals surface area (Å²) < 4.78 is 149. The third kappa shape index (κ3) is 3.69. The lowest BCUT2D eigenvalue weighted by molar-refractivity contribution is -0.123. The minimum absolute atomic E-state index is 0.00576. The van der Waals surface area contributed by atoms with Gasteiger partial charge in [0, 0.05) is 22.2 Å². The first-order valence-electron chi connectivity index (χ1n) is 18.5. The average molecular weight is 444 g/mol. The maximum atomic E-state index is 13.9. The summed E-state index contributed by atoms with van der Waals surface area (Å²) in [6.45, 7) is -5.33. The summed E-state index contributed by atoms with van der Waals surface area (Å²) in [7, 11) is 0. The van der Waals surface area contributed by atoms with Crippen LogP contribution in [-0.4, -0.2) is 37.0 Å². The molecule has 3 aromatic rings. The van der Waals surface area contributed by atoms with Gasteiger partial charge in [0.25, 0.3) is 0 Å². The highest BCUT2D eigenvalue weighted by Gasteiger charge is 2.49. The molecule has 1 amide bonds. The van der Waals surface area contributed by atoms with Crippen LogP contribution >= 0.6 is 0 Å². The molecule has 1 fully saturated rings. The molecule has 2 aliphatic heterocycles. The molecule has 164 valence electrons. The van der Waals surface area contributed by atoms with Crippen molar-refractivity contribution in [2.24, 2.45) is 11.7 Å². The van der Waals surface area contributed by atoms with Gasteiger partial charge in [-0.25, -0.2) is 0 Å². The molecule has 1 saturated heterocycles. The molecule has 4 nitrogen and oxygen atoms in total. The second-order valence-corrected chi connectivity index (χ2v) is 7.52. The van der Waals surface area contributed by atoms with Crippen molar-refractivity contribution in [2.45, 2.75) is 24.7 Å². The van der Waals surface area contributed by atoms with Gasteiger partial charge in [-0.3, -0.25) is 4.79 Å². The first-order chi connectivity index (χ1) is 22.5. The summed E-state index contributed by atoms with van der Waals surface area (Å²) in [4.78, 5) is 15.1. The van der Waals surface area contributed by atoms with Gasteiger partial charge in [-0.1, -0.05) is 72.5 Å². The minimum atomic E-state index is -2.67. The fraction of sp³-hybridized carbons (Fsp3) is 0.321. The second kappa shape index (κ2) is 8.79. The topological polar surface area (TPSA) is 55.6 Å². The number of ether oxygens (including phenoxy) is 1. The standard InChI is InChI=1S/C28H30N2O2/c29-27(31)28(23-7-3-1-4-8-23,24-9-5-2-6-10-24)25-14-17-30(20-25)16-13-21-11-12-26-22(19-21)15-18-32-26/h1-12,19,25H,13-18,20H2,(H2,29,31)/t25-/m1/s1/i1D,2D,3D,4D,5D,6D,7D,8D,9D,10D,11D,12D,16D2,18D2,19D. The van der Waals surface area contributed by atoms with Crippen LogP contribution in [0.2, 0.25) is 0 Å². The van der Waals surface area contributed by atoms with Gasteiger partial charge in [0.05, 0.1) is 27.1 Å². The summed E-state index contributed by atoms with van der Waals surface area (Å²) in [5, 5.41) is 0. The van der Waals surface area contributed by atoms with Crippen molar-refractivity contribution in [1.82, 2.24) is 4.90 Å². The Labute approximate surface area is 213 Å². The van der Waals surface area contributed by atoms with E-state index in [0.717, 1.165) is 0 Å². The van der Waals surface area contributed by atoms with Gasteiger partial charge < -0.3 is 15.4 Å². The molecule has 2 heterocycles. The molecule has 5 rings (SSSR count). The van der Waals surface area contributed by atoms with Crippen molar-refractivity contribution in [1.29, 1.82) is 0 Å². The lowest BCUT2D eigenvalue weighted by atomic mass is 9.64. The molecular formula is C28H30N2O2. The van der Waals surface area contributed by atoms with E-state index in [2.05, 4.69) is 0 Å². The van der Waals surface area contributed by atoms with Crippen LogP contribution in [-0.2, 0) is 23.1 Å². The molecule has 0 unspecified atom stereocenters. The number of rotatable bonds is 7. The zero-order valence-corrected chi connectivity index (χ0v) is 17.0. The van der Waals surface area contributed by atoms with Crippen molar-refractivity contribution in [3.63, 3.8) is 0 Å². The predicted molar refractivity (Wildman–Crippen MR) is 127 cm³/mol. The van der Waals surface area contributed by atoms with Gasteiger partial charge >= 0.3 is 0 Å². The second-order valence-electron chi connectivity index (χ2n) is 7.52. The molecule has 0 aromatic heterocycles. The molecule has 3 aromatic carbocycles. The van der Waals surface area contributed by atoms with Gasteiger partial charge in [0.2, 0.25) is 5.91 Å². The normalized spacial score (nSPS) is 27.9. The maximum Gasteiger partial charge on any atom is 0.232 e. The highest BCUT2D eigenvalue weighted by molar-refractivity contribution is 5.91. The Morgan fingerprint density at radius 3 is 2.47 bits per heavy atom. The number of nitrogens with two attached hydrogens (primary N) is 1. The number of benzene rings is 3. The fourth-order valence-electron chi connectivity index (χ4n) is 4.28. The molecule has 2 aliphatic rings. The van der Waals surface area contributed by atoms with Crippen LogP contribution in [0.25, 0.3) is 0 Å². The average Bonchev–Trinajstić information content (AvgIpc) is 3.66. The summed E-state index contributed by atoms with van der Waals surface area (Å²) in [5.41, 5.74) is 1.70. The first-order valence-corrected chi connectivity index (χ1v) is 10.0. The van der Waals surface area contributed by atoms with Gasteiger partial charge in [0.15, 0.2) is 0 Å². The van der Waals surface area contributed by atoms with E-state index in [-0.39, 0.29) is 35.9 Å². The highest BCUT2D eigenvalue weighted by Crippen LogP contribution is 2.43. The zero-order chi connectivity index (χ0) is 36.9. The van der Waals surface area contributed by atoms with Crippen molar-refractivity contribution in [2.75, 3.05) is 26.1 Å². The molecule has 0 saturated carbocycles. The van der Waals surface area contributed by atoms with Crippen LogP contribution in [0.1, 0.15) is 52.0 Å². The molecule has 1 atom stereocenters. The molecule has 2 N–H and O–H groups in total. The number of amides is 1. The van der Waals surface area contributed by atoms with Crippen LogP contribution in [0.15, 0.2) is 78.6 Å². The van der Waals surface area contributed by atoms with Crippen molar-refractivity contribution in [3.05, 3.63) is 101 Å². The maximum absolute atomic E-state index is 13.9. The van der Waals surface area contributed by atoms with Crippen LogP contribution in [0.4, 0.5) is 0 Å². The van der Waals surface area contributed by atoms with Crippen LogP contribution < -0.4 is 10.5 Å². The lowest BCUT2D eigenvalue weighted by Crippen LogP contribution is -2.49. The molecule has 0 bridgehead atoms. The van der Waals surface area contributed by atoms with E-state index in [1.165, 1.54) is 4.90 Å². The van der Waals surface area contributed by atoms with E-state index >= 15 is 0 Å². The van der Waals surface area contributed by atoms with E-state index in [4.69, 9.17) is 33.8 Å². The lowest BCUT2D eigenvalue weighted by Gasteiger charge is -2.37. The Morgan fingerprint density at radius 2 is 1.81 bits per heavy atom. The summed E-state index contributed by atoms with van der Waals surface area (Å²) in [6, 6.07) is -10.2. The number of carbonyl (C=O) groups is 1. The largest absolute Gasteiger partial charge is 0.493 e. The Kier molecular flexibility index (Phi) is 2.48. The number of primary amides is 1. The monoisotopic (exact) mass is 443 g/mol. The number of hydrogen-bond donors (Lipinski definition) is 1. The number of fused-ring (bicyclic) bond motifs is 1. The summed E-state index contributed by atoms with van der Waals surface area (Å²) >= 11 is 0. The van der Waals surface area contributed by atoms with Crippen molar-refractivity contribution < 1.29 is 32.8 Å². The van der Waals surface area contributed by atoms with E-state index in [0.29, 0.717) is 0 Å². The van der Waals surface area contributed by atoms with E-state index < -0.39 is 133 Å². The van der Waals surface area contributed by atoms with E-state index in [1.54, 1.807) is 0 Å². The fourth-order valence-corrected chi connectivity index (χ4v) is 4.28. The minimum Gasteiger partial charge on any atom is -0.493 e. The van der Waals surface area contributed by atoms with Gasteiger partial charge in [-0.15, -0.1) is 0 Å². The van der Waals surface area contributed by atoms with Gasteiger partial charge in [-0.2, -0.15) is 0 Å². The molecule has 0 radical (unpaired) electrons. The van der Waals surface area contributed by atoms with Crippen LogP contribution in [0.5, 0.6) is 5.75 Å². The Bertz CT molecular complexity index is 1800. The Hall–Kier alpha value is -3.11. The van der Waals surface area contributed by atoms with Gasteiger partial charge in [-0.05, 0) is 53.6 Å². The predicted octanol–water partition coefficient (Wildman–Crippen LogP) is 3.96. The number of nitrogens with zero attached hydrogens (tertiary/aromatic N) is 1. The van der Waals surface area contributed by atoms with Crippen LogP contribution in [0.3, 0.4) is 0 Å². The molecule has 0 aliphatic carbocycles. The molecular weight excluding hydrogens is 396 g/mol. The quantitative estimate of drug-likeness (QED) is 0.601. The molecule has 32 heavy (non-hydrogen) atoms. The highest BCUT2D eigenvalue weighted by atomic mass is 16.5. The zero-order valence-electron chi connectivity index (χ0n) is 34.0. The van der Waals surface area contributed by atoms with Crippen LogP contribution in [0, 0.1) is 5.92 Å². The van der Waals surface area contributed by atoms with Crippen molar-refractivity contribution in [3.8, 4) is 5.75 Å². The summed E-state index contributed by atoms with van der Waals surface area (Å²) in [6.07, 6.45) is -1.24. The van der Waals surface area contributed by atoms with Gasteiger partial charge in [0.1, 0.15) is 11.2 Å². The SMILES string of the molecule is [2H]c1c([2H])c([2H])c(C(C(N)=O)(c2c([2H])c([2H])c([2H])c([2H])c2[2H])[C@@H]2CCN(C([2H])([2H])Cc3c([2H])c([2H])c4c(c3[2H])CC([2H])([2H])O4)C2)c([2H])c1[2H]. The molecule has 4 heteroatoms. The Balaban J connectivity index is 1.70. The summed E-state index contributed by atoms with van der Waals surface area (Å²) in [5.74, 6) is -3.00. The van der Waals surface area contributed by atoms with E-state index in [9.17, 15) is 4.79 Å². The molecule has 0 spiro atoms. The van der Waals surface area contributed by atoms with Crippen molar-refractivity contribution >= 4 is 5.91 Å². The number of likely N-dealkylation sites (tertiary alicyclic amines) is 1. The first kappa shape index (κ1) is 9.03.